The highest BCUT2D eigenvalue weighted by molar-refractivity contribution is 6.58. The van der Waals surface area contributed by atoms with Crippen LogP contribution in [0.4, 0.5) is 57.1 Å². The lowest BCUT2D eigenvalue weighted by atomic mass is 9.92. The molecule has 0 unspecified atom stereocenters. The minimum Gasteiger partial charge on any atom is -0.367 e. The van der Waals surface area contributed by atoms with Crippen LogP contribution in [0.2, 0.25) is 0 Å². The molecule has 0 saturated heterocycles. The fourth-order valence-electron chi connectivity index (χ4n) is 1.12. The Morgan fingerprint density at radius 3 is 1.04 bits per heavy atom. The Labute approximate surface area is 138 Å². The second kappa shape index (κ2) is 5.82. The highest BCUT2D eigenvalue weighted by atomic mass is 35.5. The molecule has 0 aliphatic rings. The number of amides is 1. The van der Waals surface area contributed by atoms with E-state index in [4.69, 9.17) is 0 Å². The first-order valence-electron chi connectivity index (χ1n) is 5.08. The van der Waals surface area contributed by atoms with Crippen LogP contribution in [-0.4, -0.2) is 46.0 Å². The summed E-state index contributed by atoms with van der Waals surface area (Å²) < 4.78 is 160. The number of primary amides is 1. The van der Waals surface area contributed by atoms with Gasteiger partial charge in [-0.1, -0.05) is 23.2 Å². The maximum atomic E-state index is 13.3. The third-order valence-corrected chi connectivity index (χ3v) is 3.48. The highest BCUT2D eigenvalue weighted by Gasteiger charge is 2.93. The molecule has 1 amide bonds. The predicted octanol–water partition coefficient (Wildman–Crippen LogP) is 4.38. The lowest BCUT2D eigenvalue weighted by Gasteiger charge is -2.41. The van der Waals surface area contributed by atoms with Gasteiger partial charge >= 0.3 is 35.8 Å². The number of nitrogens with two attached hydrogens (primary N) is 1. The second-order valence-electron chi connectivity index (χ2n) is 4.31. The summed E-state index contributed by atoms with van der Waals surface area (Å²) in [7, 11) is 0. The first kappa shape index (κ1) is 24.1. The van der Waals surface area contributed by atoms with Crippen LogP contribution >= 0.6 is 23.2 Å². The number of alkyl halides is 15. The van der Waals surface area contributed by atoms with Gasteiger partial charge in [-0.25, -0.2) is 0 Å². The number of carbonyl (C=O) groups is 1. The standard InChI is InChI=1S/C8H2Cl2F13NO/c9-2(10,1(24)25)3(11,12)4(13,14)5(15,16)6(17,18)7(19,20)8(21,22)23/h(H2,24,25). The maximum absolute atomic E-state index is 13.3. The molecule has 0 heterocycles. The predicted molar refractivity (Wildman–Crippen MR) is 54.4 cm³/mol. The molecule has 0 spiro atoms. The van der Waals surface area contributed by atoms with Gasteiger partial charge in [0.25, 0.3) is 10.2 Å². The van der Waals surface area contributed by atoms with Crippen LogP contribution in [0.15, 0.2) is 0 Å². The highest BCUT2D eigenvalue weighted by Crippen LogP contribution is 2.62. The van der Waals surface area contributed by atoms with Crippen LogP contribution in [-0.2, 0) is 4.79 Å². The van der Waals surface area contributed by atoms with Gasteiger partial charge in [0.15, 0.2) is 0 Å². The molecule has 0 aromatic rings. The SMILES string of the molecule is NC(=O)C(Cl)(Cl)C(F)(F)C(F)(F)C(F)(F)C(F)(F)C(F)(F)C(F)(F)F. The molecule has 25 heavy (non-hydrogen) atoms. The monoisotopic (exact) mass is 445 g/mol. The van der Waals surface area contributed by atoms with E-state index >= 15 is 0 Å². The molecule has 2 nitrogen and oxygen atoms in total. The van der Waals surface area contributed by atoms with Crippen LogP contribution in [0.3, 0.4) is 0 Å². The molecule has 0 atom stereocenters. The van der Waals surface area contributed by atoms with E-state index < -0.39 is 46.0 Å². The van der Waals surface area contributed by atoms with Crippen LogP contribution < -0.4 is 5.73 Å². The zero-order valence-electron chi connectivity index (χ0n) is 10.7. The van der Waals surface area contributed by atoms with Crippen molar-refractivity contribution in [2.75, 3.05) is 0 Å². The minimum absolute atomic E-state index is 2.91. The summed E-state index contributed by atoms with van der Waals surface area (Å²) in [6.07, 6.45) is -7.55. The summed E-state index contributed by atoms with van der Waals surface area (Å²) in [6, 6.07) is 0. The van der Waals surface area contributed by atoms with E-state index in [-0.39, 0.29) is 0 Å². The molecule has 0 radical (unpaired) electrons. The summed E-state index contributed by atoms with van der Waals surface area (Å²) >= 11 is 8.56. The molecule has 17 heteroatoms. The van der Waals surface area contributed by atoms with Gasteiger partial charge in [0.2, 0.25) is 0 Å². The molecule has 0 aromatic carbocycles. The average Bonchev–Trinajstić information content (AvgIpc) is 2.35. The van der Waals surface area contributed by atoms with Gasteiger partial charge in [0, 0.05) is 0 Å². The van der Waals surface area contributed by atoms with E-state index in [1.165, 1.54) is 0 Å². The Balaban J connectivity index is 6.55. The summed E-state index contributed by atoms with van der Waals surface area (Å²) in [4.78, 5) is 10.4. The first-order valence-corrected chi connectivity index (χ1v) is 5.83. The maximum Gasteiger partial charge on any atom is 0.460 e. The van der Waals surface area contributed by atoms with Gasteiger partial charge in [-0.2, -0.15) is 57.1 Å². The molecular weight excluding hydrogens is 444 g/mol. The Hall–Kier alpha value is -0.860. The van der Waals surface area contributed by atoms with Crippen LogP contribution in [0, 0.1) is 0 Å². The minimum atomic E-state index is -8.12. The quantitative estimate of drug-likeness (QED) is 0.478. The van der Waals surface area contributed by atoms with E-state index in [0.29, 0.717) is 0 Å². The Kier molecular flexibility index (Phi) is 5.62. The van der Waals surface area contributed by atoms with Crippen molar-refractivity contribution in [2.24, 2.45) is 5.73 Å². The summed E-state index contributed by atoms with van der Waals surface area (Å²) in [5.41, 5.74) is 3.98. The third kappa shape index (κ3) is 2.96. The van der Waals surface area contributed by atoms with Gasteiger partial charge in [-0.3, -0.25) is 4.79 Å². The molecule has 0 rings (SSSR count). The number of halogens is 15. The third-order valence-electron chi connectivity index (χ3n) is 2.64. The van der Waals surface area contributed by atoms with Crippen molar-refractivity contribution in [3.8, 4) is 0 Å². The van der Waals surface area contributed by atoms with Crippen molar-refractivity contribution < 1.29 is 61.9 Å². The van der Waals surface area contributed by atoms with E-state index in [2.05, 4.69) is 28.9 Å². The van der Waals surface area contributed by atoms with Crippen LogP contribution in [0.1, 0.15) is 0 Å². The van der Waals surface area contributed by atoms with Crippen molar-refractivity contribution in [3.63, 3.8) is 0 Å². The molecule has 0 aliphatic heterocycles. The second-order valence-corrected chi connectivity index (χ2v) is 5.64. The molecule has 0 fully saturated rings. The zero-order valence-corrected chi connectivity index (χ0v) is 12.2. The molecule has 2 N–H and O–H groups in total. The van der Waals surface area contributed by atoms with Gasteiger partial charge in [0.05, 0.1) is 0 Å². The molecule has 0 aromatic heterocycles. The van der Waals surface area contributed by atoms with E-state index in [0.717, 1.165) is 0 Å². The number of hydrogen-bond donors (Lipinski definition) is 1. The molecule has 150 valence electrons. The fraction of sp³-hybridized carbons (Fsp3) is 0.875. The van der Waals surface area contributed by atoms with Gasteiger partial charge in [-0.15, -0.1) is 0 Å². The van der Waals surface area contributed by atoms with Crippen molar-refractivity contribution in [1.82, 2.24) is 0 Å². The Bertz CT molecular complexity index is 541. The van der Waals surface area contributed by atoms with E-state index in [1.807, 2.05) is 0 Å². The summed E-state index contributed by atoms with van der Waals surface area (Å²) in [5.74, 6) is -41.8. The first-order chi connectivity index (χ1) is 10.4. The van der Waals surface area contributed by atoms with E-state index in [9.17, 15) is 61.9 Å². The largest absolute Gasteiger partial charge is 0.460 e. The van der Waals surface area contributed by atoms with Crippen molar-refractivity contribution in [2.45, 2.75) is 40.1 Å². The van der Waals surface area contributed by atoms with Crippen LogP contribution in [0.5, 0.6) is 0 Å². The topological polar surface area (TPSA) is 43.1 Å². The summed E-state index contributed by atoms with van der Waals surface area (Å²) in [5, 5.41) is 0. The summed E-state index contributed by atoms with van der Waals surface area (Å²) in [6.45, 7) is 0. The fourth-order valence-corrected chi connectivity index (χ4v) is 1.36. The number of hydrogen-bond acceptors (Lipinski definition) is 1. The smallest absolute Gasteiger partial charge is 0.367 e. The van der Waals surface area contributed by atoms with Gasteiger partial charge in [-0.05, 0) is 0 Å². The average molecular weight is 446 g/mol. The van der Waals surface area contributed by atoms with Crippen molar-refractivity contribution >= 4 is 29.1 Å². The van der Waals surface area contributed by atoms with Gasteiger partial charge < -0.3 is 5.73 Å². The van der Waals surface area contributed by atoms with Crippen molar-refractivity contribution in [3.05, 3.63) is 0 Å². The van der Waals surface area contributed by atoms with E-state index in [1.54, 1.807) is 0 Å². The normalized spacial score (nSPS) is 16.1. The number of rotatable bonds is 6. The lowest BCUT2D eigenvalue weighted by molar-refractivity contribution is -0.440. The Morgan fingerprint density at radius 2 is 0.800 bits per heavy atom. The van der Waals surface area contributed by atoms with Gasteiger partial charge in [0.1, 0.15) is 0 Å². The molecule has 0 aliphatic carbocycles. The lowest BCUT2D eigenvalue weighted by Crippen LogP contribution is -2.73. The molecule has 0 bridgehead atoms. The Morgan fingerprint density at radius 1 is 0.560 bits per heavy atom. The zero-order chi connectivity index (χ0) is 21.1. The molecule has 0 saturated carbocycles. The molecular formula is C8H2Cl2F13NO. The van der Waals surface area contributed by atoms with Crippen molar-refractivity contribution in [1.29, 1.82) is 0 Å². The van der Waals surface area contributed by atoms with Crippen LogP contribution in [0.25, 0.3) is 0 Å². The number of carbonyl (C=O) groups excluding carboxylic acids is 1.